The predicted octanol–water partition coefficient (Wildman–Crippen LogP) is 4.72. The van der Waals surface area contributed by atoms with Gasteiger partial charge in [0.2, 0.25) is 11.8 Å². The smallest absolute Gasteiger partial charge is 0.224 e. The van der Waals surface area contributed by atoms with Crippen LogP contribution in [0.1, 0.15) is 73.9 Å². The molecule has 0 aliphatic carbocycles. The van der Waals surface area contributed by atoms with Crippen molar-refractivity contribution in [3.05, 3.63) is 143 Å². The summed E-state index contributed by atoms with van der Waals surface area (Å²) in [5.41, 5.74) is 14.2. The average molecular weight is 645 g/mol. The van der Waals surface area contributed by atoms with Crippen LogP contribution in [0.15, 0.2) is 109 Å². The fourth-order valence-corrected chi connectivity index (χ4v) is 5.54. The SMILES string of the molecule is CC1=C(C)N(N2C=CC(c3cnc(C(C)NC(=O)Cc4ccccc4)[nH]3)=CN2)NC=C1c1cnc([C@H](C)NC(=O)Cc2ccccc2)[nH]1. The van der Waals surface area contributed by atoms with Crippen LogP contribution in [0, 0.1) is 0 Å². The summed E-state index contributed by atoms with van der Waals surface area (Å²) in [4.78, 5) is 40.9. The number of benzene rings is 2. The van der Waals surface area contributed by atoms with Crippen molar-refractivity contribution in [2.45, 2.75) is 52.6 Å². The molecule has 0 saturated heterocycles. The van der Waals surface area contributed by atoms with E-state index in [1.807, 2.05) is 116 Å². The summed E-state index contributed by atoms with van der Waals surface area (Å²) >= 11 is 0. The Kier molecular flexibility index (Phi) is 9.42. The Morgan fingerprint density at radius 2 is 1.29 bits per heavy atom. The molecule has 0 radical (unpaired) electrons. The Labute approximate surface area is 279 Å². The van der Waals surface area contributed by atoms with Crippen molar-refractivity contribution in [3.8, 4) is 0 Å². The van der Waals surface area contributed by atoms with Gasteiger partial charge in [0.25, 0.3) is 0 Å². The molecule has 0 spiro atoms. The van der Waals surface area contributed by atoms with Crippen molar-refractivity contribution in [2.75, 3.05) is 0 Å². The molecular weight excluding hydrogens is 604 g/mol. The molecule has 1 unspecified atom stereocenters. The number of allylic oxidation sites excluding steroid dienone is 5. The van der Waals surface area contributed by atoms with Gasteiger partial charge in [-0.15, -0.1) is 0 Å². The molecule has 2 aromatic heterocycles. The van der Waals surface area contributed by atoms with Crippen molar-refractivity contribution in [2.24, 2.45) is 0 Å². The number of amides is 2. The van der Waals surface area contributed by atoms with Crippen LogP contribution in [0.3, 0.4) is 0 Å². The van der Waals surface area contributed by atoms with Gasteiger partial charge in [-0.3, -0.25) is 20.4 Å². The quantitative estimate of drug-likeness (QED) is 0.138. The zero-order chi connectivity index (χ0) is 33.6. The second-order valence-electron chi connectivity index (χ2n) is 11.9. The summed E-state index contributed by atoms with van der Waals surface area (Å²) < 4.78 is 0. The number of carbonyl (C=O) groups is 2. The summed E-state index contributed by atoms with van der Waals surface area (Å²) in [5, 5.41) is 9.78. The van der Waals surface area contributed by atoms with Gasteiger partial charge in [0.15, 0.2) is 0 Å². The van der Waals surface area contributed by atoms with E-state index in [4.69, 9.17) is 0 Å². The molecule has 6 N–H and O–H groups in total. The van der Waals surface area contributed by atoms with Gasteiger partial charge >= 0.3 is 0 Å². The second-order valence-corrected chi connectivity index (χ2v) is 11.9. The van der Waals surface area contributed by atoms with Gasteiger partial charge in [-0.2, -0.15) is 10.2 Å². The molecule has 2 aliphatic heterocycles. The number of hydrogen-bond donors (Lipinski definition) is 6. The first-order chi connectivity index (χ1) is 23.2. The number of nitrogens with one attached hydrogen (secondary N) is 6. The largest absolute Gasteiger partial charge is 0.346 e. The van der Waals surface area contributed by atoms with E-state index in [1.54, 1.807) is 12.4 Å². The summed E-state index contributed by atoms with van der Waals surface area (Å²) in [7, 11) is 0. The number of carbonyl (C=O) groups excluding carboxylic acids is 2. The molecule has 12 heteroatoms. The number of aromatic nitrogens is 4. The third-order valence-corrected chi connectivity index (χ3v) is 8.34. The lowest BCUT2D eigenvalue weighted by molar-refractivity contribution is -0.122. The van der Waals surface area contributed by atoms with Crippen LogP contribution in [0.2, 0.25) is 0 Å². The number of imidazole rings is 2. The first-order valence-corrected chi connectivity index (χ1v) is 15.9. The molecule has 2 aliphatic rings. The highest BCUT2D eigenvalue weighted by Crippen LogP contribution is 2.30. The lowest BCUT2D eigenvalue weighted by atomic mass is 10.0. The molecule has 2 amide bonds. The summed E-state index contributed by atoms with van der Waals surface area (Å²) in [5.74, 6) is 1.25. The molecule has 2 atom stereocenters. The van der Waals surface area contributed by atoms with Crippen LogP contribution in [0.5, 0.6) is 0 Å². The third kappa shape index (κ3) is 7.33. The van der Waals surface area contributed by atoms with Crippen molar-refractivity contribution >= 4 is 23.0 Å². The number of aromatic amines is 2. The fraction of sp³-hybridized carbons (Fsp3) is 0.222. The van der Waals surface area contributed by atoms with Crippen LogP contribution in [0.25, 0.3) is 11.1 Å². The molecule has 48 heavy (non-hydrogen) atoms. The van der Waals surface area contributed by atoms with Gasteiger partial charge in [0.05, 0.1) is 54.4 Å². The standard InChI is InChI=1S/C36H40N10O2/c1-23-26(4)46(40-20-30(23)32-22-38-36(44-32)25(3)42-34(48)18-28-13-9-6-10-14-28)45-16-15-29(19-39-45)31-21-37-35(43-31)24(2)41-33(47)17-27-11-7-5-8-12-27/h5-16,19-22,24-25,39-40H,17-18H2,1-4H3,(H,37,43)(H,38,44)(H,41,47)(H,42,48)/t24?,25-/m0/s1. The Morgan fingerprint density at radius 3 is 1.83 bits per heavy atom. The molecule has 4 aromatic rings. The van der Waals surface area contributed by atoms with Gasteiger partial charge in [-0.1, -0.05) is 60.7 Å². The summed E-state index contributed by atoms with van der Waals surface area (Å²) in [6, 6.07) is 18.8. The van der Waals surface area contributed by atoms with Gasteiger partial charge in [-0.25, -0.2) is 9.97 Å². The van der Waals surface area contributed by atoms with Crippen molar-refractivity contribution < 1.29 is 9.59 Å². The van der Waals surface area contributed by atoms with Crippen LogP contribution in [-0.2, 0) is 22.4 Å². The minimum absolute atomic E-state index is 0.0578. The van der Waals surface area contributed by atoms with Gasteiger partial charge in [0, 0.05) is 29.7 Å². The number of hydrogen-bond acceptors (Lipinski definition) is 8. The normalized spacial score (nSPS) is 15.6. The summed E-state index contributed by atoms with van der Waals surface area (Å²) in [6.07, 6.45) is 11.9. The number of H-pyrrole nitrogens is 2. The van der Waals surface area contributed by atoms with E-state index in [0.29, 0.717) is 24.5 Å². The summed E-state index contributed by atoms with van der Waals surface area (Å²) in [6.45, 7) is 7.91. The highest BCUT2D eigenvalue weighted by Gasteiger charge is 2.24. The van der Waals surface area contributed by atoms with E-state index in [1.165, 1.54) is 0 Å². The van der Waals surface area contributed by atoms with Gasteiger partial charge in [0.1, 0.15) is 11.6 Å². The predicted molar refractivity (Wildman–Crippen MR) is 184 cm³/mol. The molecule has 2 aromatic carbocycles. The van der Waals surface area contributed by atoms with E-state index in [-0.39, 0.29) is 23.9 Å². The first-order valence-electron chi connectivity index (χ1n) is 15.9. The minimum Gasteiger partial charge on any atom is -0.346 e. The van der Waals surface area contributed by atoms with Gasteiger partial charge < -0.3 is 20.6 Å². The zero-order valence-corrected chi connectivity index (χ0v) is 27.4. The number of hydrazine groups is 3. The van der Waals surface area contributed by atoms with Crippen LogP contribution < -0.4 is 21.5 Å². The Morgan fingerprint density at radius 1 is 0.750 bits per heavy atom. The molecule has 0 fully saturated rings. The second kappa shape index (κ2) is 14.2. The van der Waals surface area contributed by atoms with Crippen LogP contribution in [-0.4, -0.2) is 42.0 Å². The molecule has 4 heterocycles. The monoisotopic (exact) mass is 644 g/mol. The molecule has 246 valence electrons. The Hall–Kier alpha value is -6.04. The lowest BCUT2D eigenvalue weighted by Gasteiger charge is -2.39. The molecule has 12 nitrogen and oxygen atoms in total. The van der Waals surface area contributed by atoms with E-state index in [2.05, 4.69) is 48.3 Å². The number of rotatable bonds is 11. The maximum absolute atomic E-state index is 12.6. The van der Waals surface area contributed by atoms with Crippen molar-refractivity contribution in [1.82, 2.24) is 51.7 Å². The molecule has 6 rings (SSSR count). The first kappa shape index (κ1) is 31.9. The Balaban J connectivity index is 1.03. The topological polar surface area (TPSA) is 146 Å². The van der Waals surface area contributed by atoms with E-state index < -0.39 is 0 Å². The third-order valence-electron chi connectivity index (χ3n) is 8.34. The number of nitrogens with zero attached hydrogens (tertiary/aromatic N) is 4. The van der Waals surface area contributed by atoms with Crippen molar-refractivity contribution in [1.29, 1.82) is 0 Å². The van der Waals surface area contributed by atoms with Crippen LogP contribution in [0.4, 0.5) is 0 Å². The van der Waals surface area contributed by atoms with E-state index in [9.17, 15) is 9.59 Å². The van der Waals surface area contributed by atoms with Crippen LogP contribution >= 0.6 is 0 Å². The maximum Gasteiger partial charge on any atom is 0.224 e. The lowest BCUT2D eigenvalue weighted by Crippen LogP contribution is -2.52. The van der Waals surface area contributed by atoms with E-state index >= 15 is 0 Å². The minimum atomic E-state index is -0.273. The average Bonchev–Trinajstić information content (AvgIpc) is 3.78. The highest BCUT2D eigenvalue weighted by atomic mass is 16.2. The van der Waals surface area contributed by atoms with Crippen molar-refractivity contribution in [3.63, 3.8) is 0 Å². The Bertz CT molecular complexity index is 1890. The highest BCUT2D eigenvalue weighted by molar-refractivity contribution is 5.80. The zero-order valence-electron chi connectivity index (χ0n) is 27.4. The van der Waals surface area contributed by atoms with E-state index in [0.717, 1.165) is 44.9 Å². The molecular formula is C36H40N10O2. The van der Waals surface area contributed by atoms with Gasteiger partial charge in [-0.05, 0) is 50.5 Å². The fourth-order valence-electron chi connectivity index (χ4n) is 5.54. The molecule has 0 bridgehead atoms. The molecule has 0 saturated carbocycles. The maximum atomic E-state index is 12.6.